The molecule has 0 atom stereocenters. The predicted octanol–water partition coefficient (Wildman–Crippen LogP) is 2.32. The van der Waals surface area contributed by atoms with E-state index in [0.29, 0.717) is 0 Å². The molecule has 7 heteroatoms. The van der Waals surface area contributed by atoms with Crippen molar-refractivity contribution in [3.63, 3.8) is 0 Å². The molecule has 0 amide bonds. The number of hydrogen-bond donors (Lipinski definition) is 0. The van der Waals surface area contributed by atoms with Crippen LogP contribution in [0.1, 0.15) is 5.82 Å². The van der Waals surface area contributed by atoms with E-state index in [0.717, 1.165) is 25.8 Å². The van der Waals surface area contributed by atoms with Gasteiger partial charge in [0.25, 0.3) is 0 Å². The molecule has 16 heavy (non-hydrogen) atoms. The molecular formula is C9H6BrN5S. The first kappa shape index (κ1) is 9.86. The number of nitrogens with zero attached hydrogens (tertiary/aromatic N) is 5. The molecule has 0 N–H and O–H groups in total. The van der Waals surface area contributed by atoms with Crippen molar-refractivity contribution in [3.05, 3.63) is 28.8 Å². The van der Waals surface area contributed by atoms with Gasteiger partial charge in [0.1, 0.15) is 5.01 Å². The number of rotatable bonds is 1. The molecule has 0 saturated heterocycles. The zero-order valence-corrected chi connectivity index (χ0v) is 10.7. The van der Waals surface area contributed by atoms with Crippen LogP contribution in [0.4, 0.5) is 0 Å². The summed E-state index contributed by atoms with van der Waals surface area (Å²) in [5, 5.41) is 13.3. The van der Waals surface area contributed by atoms with Gasteiger partial charge in [0.05, 0.1) is 0 Å². The summed E-state index contributed by atoms with van der Waals surface area (Å²) in [4.78, 5) is 4.91. The number of pyridine rings is 1. The van der Waals surface area contributed by atoms with Crippen molar-refractivity contribution in [2.45, 2.75) is 6.92 Å². The molecule has 0 saturated carbocycles. The maximum atomic E-state index is 4.43. The molecule has 3 heterocycles. The molecule has 3 aromatic rings. The van der Waals surface area contributed by atoms with Gasteiger partial charge in [-0.3, -0.25) is 4.98 Å². The fraction of sp³-hybridized carbons (Fsp3) is 0.111. The lowest BCUT2D eigenvalue weighted by Crippen LogP contribution is -1.88. The second kappa shape index (κ2) is 3.60. The highest BCUT2D eigenvalue weighted by atomic mass is 79.9. The average molecular weight is 296 g/mol. The third-order valence-corrected chi connectivity index (χ3v) is 3.48. The first-order chi connectivity index (χ1) is 7.74. The molecule has 0 fully saturated rings. The lowest BCUT2D eigenvalue weighted by atomic mass is 10.3. The maximum absolute atomic E-state index is 4.43. The van der Waals surface area contributed by atoms with Crippen LogP contribution in [0.15, 0.2) is 22.9 Å². The molecular weight excluding hydrogens is 290 g/mol. The van der Waals surface area contributed by atoms with Gasteiger partial charge in [-0.2, -0.15) is 9.61 Å². The Hall–Kier alpha value is -1.34. The Balaban J connectivity index is 2.19. The van der Waals surface area contributed by atoms with E-state index in [-0.39, 0.29) is 0 Å². The molecule has 5 nitrogen and oxygen atoms in total. The van der Waals surface area contributed by atoms with Crippen LogP contribution in [0.5, 0.6) is 0 Å². The van der Waals surface area contributed by atoms with Gasteiger partial charge in [-0.15, -0.1) is 10.2 Å². The Morgan fingerprint density at radius 3 is 2.94 bits per heavy atom. The molecule has 0 aliphatic carbocycles. The third-order valence-electron chi connectivity index (χ3n) is 2.10. The number of aryl methyl sites for hydroxylation is 1. The fourth-order valence-corrected chi connectivity index (χ4v) is 2.59. The second-order valence-electron chi connectivity index (χ2n) is 3.24. The summed E-state index contributed by atoms with van der Waals surface area (Å²) in [6, 6.07) is 1.98. The number of halogens is 1. The molecule has 0 radical (unpaired) electrons. The van der Waals surface area contributed by atoms with Gasteiger partial charge in [-0.25, -0.2) is 0 Å². The molecule has 3 rings (SSSR count). The zero-order valence-electron chi connectivity index (χ0n) is 8.25. The molecule has 3 aromatic heterocycles. The highest BCUT2D eigenvalue weighted by Crippen LogP contribution is 2.26. The smallest absolute Gasteiger partial charge is 0.234 e. The van der Waals surface area contributed by atoms with Crippen molar-refractivity contribution in [1.29, 1.82) is 0 Å². The van der Waals surface area contributed by atoms with E-state index in [4.69, 9.17) is 0 Å². The highest BCUT2D eigenvalue weighted by molar-refractivity contribution is 9.10. The second-order valence-corrected chi connectivity index (χ2v) is 5.11. The normalized spacial score (nSPS) is 11.1. The summed E-state index contributed by atoms with van der Waals surface area (Å²) >= 11 is 4.89. The quantitative estimate of drug-likeness (QED) is 0.691. The van der Waals surface area contributed by atoms with Gasteiger partial charge in [-0.1, -0.05) is 11.3 Å². The molecule has 0 unspecified atom stereocenters. The van der Waals surface area contributed by atoms with E-state index in [1.165, 1.54) is 11.3 Å². The molecule has 80 valence electrons. The number of fused-ring (bicyclic) bond motifs is 1. The predicted molar refractivity (Wildman–Crippen MR) is 64.3 cm³/mol. The maximum Gasteiger partial charge on any atom is 0.234 e. The van der Waals surface area contributed by atoms with Crippen molar-refractivity contribution in [2.24, 2.45) is 0 Å². The van der Waals surface area contributed by atoms with Crippen LogP contribution in [-0.4, -0.2) is 24.8 Å². The van der Waals surface area contributed by atoms with E-state index >= 15 is 0 Å². The summed E-state index contributed by atoms with van der Waals surface area (Å²) in [6.45, 7) is 1.88. The van der Waals surface area contributed by atoms with Crippen molar-refractivity contribution in [3.8, 4) is 10.6 Å². The number of hydrogen-bond acceptors (Lipinski definition) is 5. The van der Waals surface area contributed by atoms with Crippen LogP contribution in [0.2, 0.25) is 0 Å². The van der Waals surface area contributed by atoms with Crippen LogP contribution < -0.4 is 0 Å². The summed E-state index contributed by atoms with van der Waals surface area (Å²) in [5.41, 5.74) is 0.976. The van der Waals surface area contributed by atoms with Gasteiger partial charge in [0.15, 0.2) is 5.82 Å². The Kier molecular flexibility index (Phi) is 2.22. The van der Waals surface area contributed by atoms with Crippen molar-refractivity contribution >= 4 is 32.2 Å². The summed E-state index contributed by atoms with van der Waals surface area (Å²) in [6.07, 6.45) is 3.53. The summed E-state index contributed by atoms with van der Waals surface area (Å²) in [7, 11) is 0. The van der Waals surface area contributed by atoms with E-state index in [2.05, 4.69) is 36.2 Å². The van der Waals surface area contributed by atoms with Gasteiger partial charge >= 0.3 is 0 Å². The van der Waals surface area contributed by atoms with Crippen LogP contribution >= 0.6 is 27.3 Å². The van der Waals surface area contributed by atoms with Crippen molar-refractivity contribution in [2.75, 3.05) is 0 Å². The minimum atomic E-state index is 0.792. The minimum absolute atomic E-state index is 0.792. The first-order valence-corrected chi connectivity index (χ1v) is 6.15. The highest BCUT2D eigenvalue weighted by Gasteiger charge is 2.10. The molecule has 0 aliphatic rings. The lowest BCUT2D eigenvalue weighted by Gasteiger charge is -1.94. The Labute approximate surface area is 103 Å². The topological polar surface area (TPSA) is 56.0 Å². The van der Waals surface area contributed by atoms with Gasteiger partial charge in [-0.05, 0) is 28.9 Å². The van der Waals surface area contributed by atoms with E-state index < -0.39 is 0 Å². The molecule has 0 aliphatic heterocycles. The number of aromatic nitrogens is 5. The SMILES string of the molecule is Cc1nnc2sc(-c3cncc(Br)c3)nn12. The lowest BCUT2D eigenvalue weighted by molar-refractivity contribution is 0.897. The molecule has 0 aromatic carbocycles. The summed E-state index contributed by atoms with van der Waals surface area (Å²) in [5.74, 6) is 0.792. The van der Waals surface area contributed by atoms with E-state index in [1.807, 2.05) is 13.0 Å². The largest absolute Gasteiger partial charge is 0.263 e. The van der Waals surface area contributed by atoms with Crippen molar-refractivity contribution < 1.29 is 0 Å². The Morgan fingerprint density at radius 2 is 2.19 bits per heavy atom. The van der Waals surface area contributed by atoms with Gasteiger partial charge < -0.3 is 0 Å². The van der Waals surface area contributed by atoms with E-state index in [1.54, 1.807) is 16.9 Å². The molecule has 0 spiro atoms. The van der Waals surface area contributed by atoms with Crippen LogP contribution in [0.25, 0.3) is 15.5 Å². The van der Waals surface area contributed by atoms with Gasteiger partial charge in [0, 0.05) is 22.4 Å². The van der Waals surface area contributed by atoms with Gasteiger partial charge in [0.2, 0.25) is 4.96 Å². The summed E-state index contributed by atoms with van der Waals surface area (Å²) < 4.78 is 2.67. The fourth-order valence-electron chi connectivity index (χ4n) is 1.36. The van der Waals surface area contributed by atoms with Crippen LogP contribution in [-0.2, 0) is 0 Å². The van der Waals surface area contributed by atoms with Crippen LogP contribution in [0, 0.1) is 6.92 Å². The third kappa shape index (κ3) is 1.52. The van der Waals surface area contributed by atoms with Crippen molar-refractivity contribution in [1.82, 2.24) is 24.8 Å². The Morgan fingerprint density at radius 1 is 1.31 bits per heavy atom. The molecule has 0 bridgehead atoms. The zero-order chi connectivity index (χ0) is 11.1. The van der Waals surface area contributed by atoms with Crippen LogP contribution in [0.3, 0.4) is 0 Å². The average Bonchev–Trinajstić information content (AvgIpc) is 2.81. The van der Waals surface area contributed by atoms with E-state index in [9.17, 15) is 0 Å². The Bertz CT molecular complexity index is 659. The standard InChI is InChI=1S/C9H6BrN5S/c1-5-12-13-9-15(5)14-8(16-9)6-2-7(10)4-11-3-6/h2-4H,1H3. The first-order valence-electron chi connectivity index (χ1n) is 4.54. The monoisotopic (exact) mass is 295 g/mol. The minimum Gasteiger partial charge on any atom is -0.263 e.